The van der Waals surface area contributed by atoms with Gasteiger partial charge >= 0.3 is 0 Å². The van der Waals surface area contributed by atoms with Crippen molar-refractivity contribution in [3.63, 3.8) is 0 Å². The lowest BCUT2D eigenvalue weighted by Gasteiger charge is -2.09. The molecule has 0 atom stereocenters. The van der Waals surface area contributed by atoms with Gasteiger partial charge < -0.3 is 17.7 Å². The van der Waals surface area contributed by atoms with Crippen LogP contribution >= 0.6 is 11.3 Å². The van der Waals surface area contributed by atoms with Crippen molar-refractivity contribution in [3.05, 3.63) is 231 Å². The zero-order chi connectivity index (χ0) is 54.3. The summed E-state index contributed by atoms with van der Waals surface area (Å²) in [7, 11) is 0. The largest absolute Gasteiger partial charge is 0.456 e. The first kappa shape index (κ1) is 45.7. The number of benzene rings is 11. The van der Waals surface area contributed by atoms with Crippen molar-refractivity contribution in [1.82, 2.24) is 29.9 Å². The van der Waals surface area contributed by atoms with E-state index in [4.69, 9.17) is 47.6 Å². The molecule has 10 nitrogen and oxygen atoms in total. The molecule has 0 radical (unpaired) electrons. The van der Waals surface area contributed by atoms with Crippen LogP contribution in [0.2, 0.25) is 0 Å². The number of nitrogens with zero attached hydrogens (tertiary/aromatic N) is 6. The predicted molar refractivity (Wildman–Crippen MR) is 333 cm³/mol. The van der Waals surface area contributed by atoms with Gasteiger partial charge in [0.15, 0.2) is 34.9 Å². The molecule has 18 aromatic rings. The first-order valence-corrected chi connectivity index (χ1v) is 28.1. The highest BCUT2D eigenvalue weighted by molar-refractivity contribution is 7.26. The molecule has 11 aromatic carbocycles. The molecule has 0 aliphatic heterocycles. The molecule has 0 unspecified atom stereocenters. The zero-order valence-electron chi connectivity index (χ0n) is 43.7. The molecule has 7 aromatic heterocycles. The van der Waals surface area contributed by atoms with E-state index in [1.165, 1.54) is 0 Å². The fourth-order valence-corrected chi connectivity index (χ4v) is 13.2. The van der Waals surface area contributed by atoms with E-state index < -0.39 is 0 Å². The van der Waals surface area contributed by atoms with Crippen LogP contribution in [-0.4, -0.2) is 29.9 Å². The molecule has 18 rings (SSSR count). The van der Waals surface area contributed by atoms with Crippen LogP contribution in [-0.2, 0) is 0 Å². The Labute approximate surface area is 474 Å². The van der Waals surface area contributed by atoms with Gasteiger partial charge in [0.2, 0.25) is 0 Å². The molecule has 83 heavy (non-hydrogen) atoms. The maximum Gasteiger partial charge on any atom is 0.165 e. The molecule has 0 fully saturated rings. The third-order valence-corrected chi connectivity index (χ3v) is 17.2. The van der Waals surface area contributed by atoms with Crippen molar-refractivity contribution in [1.29, 1.82) is 0 Å². The number of thiophene rings is 1. The Balaban J connectivity index is 0.691. The van der Waals surface area contributed by atoms with Gasteiger partial charge in [-0.15, -0.1) is 11.3 Å². The smallest absolute Gasteiger partial charge is 0.165 e. The number of rotatable bonds is 7. The minimum absolute atomic E-state index is 0.550. The first-order valence-electron chi connectivity index (χ1n) is 27.3. The standard InChI is InChI=1S/C72H38N6O4S/c1-3-12-40(13-4-1)67-73-69(76-70(74-67)44-27-29-48-55-37-61-53(35-63(55)81-59(48)32-44)46-16-7-9-20-57(46)79-61)42-24-22-39(23-25-42)43-26-31-50-51-18-11-19-52(66(51)83-65(50)34-43)72-77-68(41-14-5-2-6-15-41)75-71(78-72)45-28-30-49-56-38-62-54(36-64(56)82-60(49)33-45)47-17-8-10-21-58(47)80-62/h1-38H. The summed E-state index contributed by atoms with van der Waals surface area (Å²) in [6.07, 6.45) is 0. The molecule has 0 amide bonds. The Hall–Kier alpha value is -11.1. The van der Waals surface area contributed by atoms with Crippen LogP contribution in [0.1, 0.15) is 0 Å². The second kappa shape index (κ2) is 17.7. The van der Waals surface area contributed by atoms with Crippen LogP contribution in [0.5, 0.6) is 0 Å². The average molecular weight is 1080 g/mol. The van der Waals surface area contributed by atoms with E-state index in [0.717, 1.165) is 152 Å². The van der Waals surface area contributed by atoms with Crippen molar-refractivity contribution in [2.24, 2.45) is 0 Å². The Morgan fingerprint density at radius 3 is 1.10 bits per heavy atom. The van der Waals surface area contributed by atoms with Crippen molar-refractivity contribution >= 4 is 119 Å². The molecule has 0 bridgehead atoms. The predicted octanol–water partition coefficient (Wildman–Crippen LogP) is 19.7. The summed E-state index contributed by atoms with van der Waals surface area (Å²) < 4.78 is 27.9. The molecule has 386 valence electrons. The summed E-state index contributed by atoms with van der Waals surface area (Å²) >= 11 is 1.74. The third kappa shape index (κ3) is 7.35. The maximum absolute atomic E-state index is 6.58. The van der Waals surface area contributed by atoms with Crippen LogP contribution in [0.4, 0.5) is 0 Å². The minimum atomic E-state index is 0.550. The molecule has 0 saturated heterocycles. The number of aromatic nitrogens is 6. The minimum Gasteiger partial charge on any atom is -0.456 e. The molecule has 7 heterocycles. The monoisotopic (exact) mass is 1080 g/mol. The van der Waals surface area contributed by atoms with Gasteiger partial charge in [-0.05, 0) is 83.9 Å². The van der Waals surface area contributed by atoms with E-state index in [0.29, 0.717) is 34.9 Å². The fraction of sp³-hybridized carbons (Fsp3) is 0. The highest BCUT2D eigenvalue weighted by Crippen LogP contribution is 2.44. The zero-order valence-corrected chi connectivity index (χ0v) is 44.5. The Morgan fingerprint density at radius 1 is 0.217 bits per heavy atom. The average Bonchev–Trinajstić information content (AvgIpc) is 4.56. The van der Waals surface area contributed by atoms with Gasteiger partial charge in [0.05, 0.1) is 0 Å². The van der Waals surface area contributed by atoms with E-state index in [1.807, 2.05) is 109 Å². The highest BCUT2D eigenvalue weighted by atomic mass is 32.1. The van der Waals surface area contributed by atoms with E-state index in [1.54, 1.807) is 11.3 Å². The summed E-state index contributed by atoms with van der Waals surface area (Å²) in [5.74, 6) is 3.44. The first-order chi connectivity index (χ1) is 41.0. The second-order valence-electron chi connectivity index (χ2n) is 20.9. The second-order valence-corrected chi connectivity index (χ2v) is 22.0. The highest BCUT2D eigenvalue weighted by Gasteiger charge is 2.21. The molecular weight excluding hydrogens is 1040 g/mol. The number of hydrogen-bond donors (Lipinski definition) is 0. The van der Waals surface area contributed by atoms with Gasteiger partial charge in [0.1, 0.15) is 44.7 Å². The van der Waals surface area contributed by atoms with Crippen LogP contribution in [0.3, 0.4) is 0 Å². The van der Waals surface area contributed by atoms with Crippen LogP contribution in [0, 0.1) is 0 Å². The summed E-state index contributed by atoms with van der Waals surface area (Å²) in [6.45, 7) is 0. The van der Waals surface area contributed by atoms with Crippen molar-refractivity contribution in [2.75, 3.05) is 0 Å². The Morgan fingerprint density at radius 2 is 0.578 bits per heavy atom. The summed E-state index contributed by atoms with van der Waals surface area (Å²) in [5.41, 5.74) is 13.8. The Kier molecular flexibility index (Phi) is 9.73. The lowest BCUT2D eigenvalue weighted by molar-refractivity contribution is 0.664. The van der Waals surface area contributed by atoms with Gasteiger partial charge in [0.25, 0.3) is 0 Å². The van der Waals surface area contributed by atoms with Crippen molar-refractivity contribution < 1.29 is 17.7 Å². The van der Waals surface area contributed by atoms with E-state index in [2.05, 4.69) is 121 Å². The third-order valence-electron chi connectivity index (χ3n) is 16.0. The van der Waals surface area contributed by atoms with Gasteiger partial charge in [-0.2, -0.15) is 0 Å². The van der Waals surface area contributed by atoms with Gasteiger partial charge in [-0.3, -0.25) is 0 Å². The normalized spacial score (nSPS) is 12.1. The van der Waals surface area contributed by atoms with Gasteiger partial charge in [-0.1, -0.05) is 158 Å². The summed E-state index contributed by atoms with van der Waals surface area (Å²) in [5, 5.41) is 10.4. The number of fused-ring (bicyclic) bond motifs is 15. The molecule has 0 saturated carbocycles. The number of furan rings is 4. The lowest BCUT2D eigenvalue weighted by atomic mass is 10.0. The van der Waals surface area contributed by atoms with Gasteiger partial charge in [0, 0.05) is 96.6 Å². The quantitative estimate of drug-likeness (QED) is 0.152. The number of hydrogen-bond acceptors (Lipinski definition) is 11. The van der Waals surface area contributed by atoms with Crippen LogP contribution < -0.4 is 0 Å². The molecular formula is C72H38N6O4S. The van der Waals surface area contributed by atoms with Gasteiger partial charge in [-0.25, -0.2) is 29.9 Å². The molecule has 0 spiro atoms. The maximum atomic E-state index is 6.58. The van der Waals surface area contributed by atoms with E-state index in [-0.39, 0.29) is 0 Å². The molecule has 0 aliphatic carbocycles. The summed E-state index contributed by atoms with van der Waals surface area (Å²) in [6, 6.07) is 78.5. The lowest BCUT2D eigenvalue weighted by Crippen LogP contribution is -2.00. The molecule has 0 N–H and O–H groups in total. The molecule has 11 heteroatoms. The van der Waals surface area contributed by atoms with Crippen LogP contribution in [0.25, 0.3) is 187 Å². The van der Waals surface area contributed by atoms with Crippen LogP contribution in [0.15, 0.2) is 248 Å². The van der Waals surface area contributed by atoms with E-state index >= 15 is 0 Å². The molecule has 0 aliphatic rings. The Bertz CT molecular complexity index is 5700. The topological polar surface area (TPSA) is 130 Å². The summed E-state index contributed by atoms with van der Waals surface area (Å²) in [4.78, 5) is 30.7. The van der Waals surface area contributed by atoms with E-state index in [9.17, 15) is 0 Å². The SMILES string of the molecule is c1ccc(-c2nc(-c3ccc(-c4ccc5c(c4)sc4c(-c6nc(-c7ccccc7)nc(-c7ccc8c(c7)oc7cc9c(cc78)oc7ccccc79)n6)cccc45)cc3)nc(-c3ccc4c(c3)oc3cc5c(cc34)oc3ccccc35)n2)cc1. The van der Waals surface area contributed by atoms with Crippen molar-refractivity contribution in [3.8, 4) is 79.5 Å². The fourth-order valence-electron chi connectivity index (χ4n) is 11.9. The number of para-hydroxylation sites is 2. The van der Waals surface area contributed by atoms with Crippen molar-refractivity contribution in [2.45, 2.75) is 0 Å².